The zero-order valence-electron chi connectivity index (χ0n) is 15.2. The zero-order chi connectivity index (χ0) is 20.1. The normalized spacial score (nSPS) is 30.5. The van der Waals surface area contributed by atoms with Crippen molar-refractivity contribution < 1.29 is 29.4 Å². The molecule has 9 nitrogen and oxygen atoms in total. The Morgan fingerprint density at radius 3 is 2.37 bits per heavy atom. The van der Waals surface area contributed by atoms with Gasteiger partial charge in [0.15, 0.2) is 0 Å². The number of carbonyl (C=O) groups is 4. The van der Waals surface area contributed by atoms with Gasteiger partial charge >= 0.3 is 11.9 Å². The lowest BCUT2D eigenvalue weighted by atomic mass is 9.78. The molecule has 1 aromatic rings. The Labute approximate surface area is 155 Å². The second-order valence-corrected chi connectivity index (χ2v) is 7.91. The van der Waals surface area contributed by atoms with Crippen LogP contribution in [-0.2, 0) is 19.2 Å². The van der Waals surface area contributed by atoms with E-state index >= 15 is 0 Å². The van der Waals surface area contributed by atoms with Crippen LogP contribution in [-0.4, -0.2) is 54.9 Å². The van der Waals surface area contributed by atoms with Crippen LogP contribution in [0.15, 0.2) is 24.4 Å². The van der Waals surface area contributed by atoms with Gasteiger partial charge in [0.1, 0.15) is 5.54 Å². The van der Waals surface area contributed by atoms with Crippen LogP contribution >= 0.6 is 0 Å². The molecular weight excluding hydrogens is 354 g/mol. The highest BCUT2D eigenvalue weighted by Crippen LogP contribution is 2.51. The van der Waals surface area contributed by atoms with Crippen molar-refractivity contribution >= 4 is 23.8 Å². The van der Waals surface area contributed by atoms with E-state index in [1.165, 1.54) is 6.20 Å². The number of nitrogens with zero attached hydrogens (tertiary/aromatic N) is 2. The Kier molecular flexibility index (Phi) is 4.30. The average molecular weight is 375 g/mol. The smallest absolute Gasteiger partial charge is 0.325 e. The lowest BCUT2D eigenvalue weighted by Crippen LogP contribution is -2.58. The van der Waals surface area contributed by atoms with E-state index < -0.39 is 59.1 Å². The quantitative estimate of drug-likeness (QED) is 0.644. The molecule has 0 aliphatic carbocycles. The fourth-order valence-electron chi connectivity index (χ4n) is 4.15. The molecule has 0 aromatic carbocycles. The molecule has 3 heterocycles. The van der Waals surface area contributed by atoms with Gasteiger partial charge in [0.05, 0.1) is 30.0 Å². The van der Waals surface area contributed by atoms with Crippen molar-refractivity contribution in [3.8, 4) is 0 Å². The summed E-state index contributed by atoms with van der Waals surface area (Å²) in [7, 11) is 0. The summed E-state index contributed by atoms with van der Waals surface area (Å²) in [6.45, 7) is 5.02. The van der Waals surface area contributed by atoms with Crippen LogP contribution < -0.4 is 5.32 Å². The van der Waals surface area contributed by atoms with Crippen molar-refractivity contribution in [1.29, 1.82) is 0 Å². The van der Waals surface area contributed by atoms with Gasteiger partial charge in [-0.3, -0.25) is 34.4 Å². The molecule has 2 aliphatic rings. The van der Waals surface area contributed by atoms with Crippen molar-refractivity contribution in [2.75, 3.05) is 0 Å². The second kappa shape index (κ2) is 6.12. The molecule has 27 heavy (non-hydrogen) atoms. The van der Waals surface area contributed by atoms with Gasteiger partial charge in [0.2, 0.25) is 11.8 Å². The zero-order valence-corrected chi connectivity index (χ0v) is 15.2. The average Bonchev–Trinajstić information content (AvgIpc) is 3.03. The molecule has 9 heteroatoms. The number of hydrogen-bond donors (Lipinski definition) is 3. The topological polar surface area (TPSA) is 137 Å². The van der Waals surface area contributed by atoms with Gasteiger partial charge in [-0.1, -0.05) is 6.07 Å². The number of nitrogens with one attached hydrogen (secondary N) is 1. The summed E-state index contributed by atoms with van der Waals surface area (Å²) >= 11 is 0. The maximum atomic E-state index is 13.1. The predicted molar refractivity (Wildman–Crippen MR) is 91.3 cm³/mol. The van der Waals surface area contributed by atoms with Crippen LogP contribution in [0.4, 0.5) is 0 Å². The number of pyridine rings is 1. The van der Waals surface area contributed by atoms with Gasteiger partial charge < -0.3 is 10.2 Å². The number of carboxylic acids is 2. The molecule has 4 unspecified atom stereocenters. The van der Waals surface area contributed by atoms with Gasteiger partial charge in [-0.25, -0.2) is 0 Å². The minimum Gasteiger partial charge on any atom is -0.481 e. The number of imide groups is 1. The molecule has 144 valence electrons. The first kappa shape index (κ1) is 19.0. The van der Waals surface area contributed by atoms with Gasteiger partial charge in [-0.2, -0.15) is 0 Å². The minimum absolute atomic E-state index is 0.387. The van der Waals surface area contributed by atoms with E-state index in [9.17, 15) is 29.4 Å². The van der Waals surface area contributed by atoms with Crippen molar-refractivity contribution in [2.24, 2.45) is 11.8 Å². The third kappa shape index (κ3) is 2.78. The molecule has 2 aliphatic heterocycles. The highest BCUT2D eigenvalue weighted by atomic mass is 16.4. The third-order valence-electron chi connectivity index (χ3n) is 5.14. The van der Waals surface area contributed by atoms with Crippen molar-refractivity contribution in [3.63, 3.8) is 0 Å². The van der Waals surface area contributed by atoms with E-state index in [4.69, 9.17) is 0 Å². The molecule has 0 spiro atoms. The number of amides is 2. The molecule has 3 N–H and O–H groups in total. The molecule has 2 amide bonds. The molecule has 4 atom stereocenters. The summed E-state index contributed by atoms with van der Waals surface area (Å²) in [5, 5.41) is 22.0. The summed E-state index contributed by atoms with van der Waals surface area (Å²) in [6, 6.07) is 4.08. The Balaban J connectivity index is 2.19. The van der Waals surface area contributed by atoms with E-state index in [0.29, 0.717) is 5.69 Å². The Hall–Kier alpha value is -2.81. The molecular formula is C18H21N3O6. The number of carboxylic acid groups (broad SMARTS) is 2. The first-order chi connectivity index (χ1) is 12.5. The monoisotopic (exact) mass is 375 g/mol. The van der Waals surface area contributed by atoms with Crippen LogP contribution in [0.5, 0.6) is 0 Å². The first-order valence-corrected chi connectivity index (χ1v) is 8.52. The molecule has 2 saturated heterocycles. The highest BCUT2D eigenvalue weighted by Gasteiger charge is 2.70. The summed E-state index contributed by atoms with van der Waals surface area (Å²) in [5.41, 5.74) is -2.57. The molecule has 0 bridgehead atoms. The third-order valence-corrected chi connectivity index (χ3v) is 5.14. The Morgan fingerprint density at radius 2 is 1.89 bits per heavy atom. The molecule has 0 radical (unpaired) electrons. The number of carbonyl (C=O) groups excluding carboxylic acids is 2. The van der Waals surface area contributed by atoms with Gasteiger partial charge in [0, 0.05) is 11.7 Å². The first-order valence-electron chi connectivity index (χ1n) is 8.52. The largest absolute Gasteiger partial charge is 0.481 e. The van der Waals surface area contributed by atoms with Crippen LogP contribution in [0.2, 0.25) is 0 Å². The number of likely N-dealkylation sites (tertiary alicyclic amines) is 1. The molecule has 0 saturated carbocycles. The second-order valence-electron chi connectivity index (χ2n) is 7.91. The highest BCUT2D eigenvalue weighted by molar-refractivity contribution is 6.10. The number of aromatic nitrogens is 1. The van der Waals surface area contributed by atoms with Gasteiger partial charge in [-0.15, -0.1) is 0 Å². The van der Waals surface area contributed by atoms with Crippen LogP contribution in [0.1, 0.15) is 38.9 Å². The number of hydrogen-bond acceptors (Lipinski definition) is 6. The summed E-state index contributed by atoms with van der Waals surface area (Å²) in [6.07, 6.45) is 0.663. The van der Waals surface area contributed by atoms with Gasteiger partial charge in [0.25, 0.3) is 0 Å². The van der Waals surface area contributed by atoms with E-state index in [1.807, 2.05) is 0 Å². The minimum atomic E-state index is -2.09. The van der Waals surface area contributed by atoms with Crippen LogP contribution in [0.25, 0.3) is 0 Å². The summed E-state index contributed by atoms with van der Waals surface area (Å²) < 4.78 is 0. The van der Waals surface area contributed by atoms with E-state index in [1.54, 1.807) is 39.0 Å². The molecule has 1 aromatic heterocycles. The number of aliphatic carboxylic acids is 2. The fourth-order valence-corrected chi connectivity index (χ4v) is 4.15. The summed E-state index contributed by atoms with van der Waals surface area (Å²) in [5.74, 6) is -6.41. The SMILES string of the molecule is CC(C)(C)N1C(=O)C2C(c3ccccn3)NC(CC(=O)O)(C(=O)O)C2C1=O. The fraction of sp³-hybridized carbons (Fsp3) is 0.500. The van der Waals surface area contributed by atoms with E-state index in [2.05, 4.69) is 10.3 Å². The lowest BCUT2D eigenvalue weighted by Gasteiger charge is -2.34. The maximum absolute atomic E-state index is 13.1. The van der Waals surface area contributed by atoms with Crippen LogP contribution in [0.3, 0.4) is 0 Å². The summed E-state index contributed by atoms with van der Waals surface area (Å²) in [4.78, 5) is 55.1. The Morgan fingerprint density at radius 1 is 1.22 bits per heavy atom. The van der Waals surface area contributed by atoms with Crippen molar-refractivity contribution in [2.45, 2.75) is 44.3 Å². The van der Waals surface area contributed by atoms with Crippen molar-refractivity contribution in [3.05, 3.63) is 30.1 Å². The van der Waals surface area contributed by atoms with Crippen molar-refractivity contribution in [1.82, 2.24) is 15.2 Å². The van der Waals surface area contributed by atoms with E-state index in [-0.39, 0.29) is 0 Å². The molecule has 3 rings (SSSR count). The Bertz CT molecular complexity index is 818. The number of fused-ring (bicyclic) bond motifs is 1. The molecule has 2 fully saturated rings. The lowest BCUT2D eigenvalue weighted by molar-refractivity contribution is -0.157. The van der Waals surface area contributed by atoms with Gasteiger partial charge in [-0.05, 0) is 32.9 Å². The standard InChI is InChI=1S/C18H21N3O6/c1-17(2,3)21-14(24)11-12(15(21)25)18(16(26)27,8-10(22)23)20-13(11)9-6-4-5-7-19-9/h4-7,11-13,20H,8H2,1-3H3,(H,22,23)(H,26,27). The number of rotatable bonds is 4. The maximum Gasteiger partial charge on any atom is 0.325 e. The predicted octanol–water partition coefficient (Wildman–Crippen LogP) is 0.424. The van der Waals surface area contributed by atoms with E-state index in [0.717, 1.165) is 4.90 Å². The van der Waals surface area contributed by atoms with Crippen LogP contribution in [0, 0.1) is 11.8 Å².